The molecule has 3 heterocycles. The van der Waals surface area contributed by atoms with Gasteiger partial charge >= 0.3 is 0 Å². The second-order valence-electron chi connectivity index (χ2n) is 7.60. The third kappa shape index (κ3) is 3.04. The first kappa shape index (κ1) is 17.0. The molecule has 1 aliphatic carbocycles. The van der Waals surface area contributed by atoms with Crippen molar-refractivity contribution in [1.29, 1.82) is 5.26 Å². The molecule has 2 N–H and O–H groups in total. The summed E-state index contributed by atoms with van der Waals surface area (Å²) in [5.41, 5.74) is 2.45. The second-order valence-corrected chi connectivity index (χ2v) is 7.60. The first-order valence-corrected chi connectivity index (χ1v) is 9.53. The van der Waals surface area contributed by atoms with E-state index in [2.05, 4.69) is 27.0 Å². The maximum atomic E-state index is 12.5. The predicted molar refractivity (Wildman–Crippen MR) is 101 cm³/mol. The lowest BCUT2D eigenvalue weighted by Crippen LogP contribution is -2.50. The van der Waals surface area contributed by atoms with Gasteiger partial charge in [0, 0.05) is 17.0 Å². The first-order chi connectivity index (χ1) is 13.7. The summed E-state index contributed by atoms with van der Waals surface area (Å²) < 4.78 is 6.95. The Hall–Kier alpha value is -3.18. The smallest absolute Gasteiger partial charge is 0.238 e. The van der Waals surface area contributed by atoms with Crippen LogP contribution in [0.15, 0.2) is 41.1 Å². The van der Waals surface area contributed by atoms with E-state index in [9.17, 15) is 10.1 Å². The number of furan rings is 1. The van der Waals surface area contributed by atoms with Gasteiger partial charge in [-0.1, -0.05) is 5.21 Å². The van der Waals surface area contributed by atoms with Crippen LogP contribution >= 0.6 is 0 Å². The zero-order chi connectivity index (χ0) is 19.1. The van der Waals surface area contributed by atoms with Crippen LogP contribution in [0.2, 0.25) is 0 Å². The van der Waals surface area contributed by atoms with E-state index in [1.54, 1.807) is 17.1 Å². The number of hydrogen-bond acceptors (Lipinski definition) is 6. The number of nitrogens with one attached hydrogen (secondary N) is 2. The van der Waals surface area contributed by atoms with Crippen LogP contribution in [0.3, 0.4) is 0 Å². The highest BCUT2D eigenvalue weighted by Crippen LogP contribution is 2.35. The van der Waals surface area contributed by atoms with E-state index >= 15 is 0 Å². The molecule has 5 rings (SSSR count). The fourth-order valence-electron chi connectivity index (χ4n) is 4.36. The van der Waals surface area contributed by atoms with Gasteiger partial charge in [-0.15, -0.1) is 5.10 Å². The number of aromatic nitrogens is 3. The van der Waals surface area contributed by atoms with Gasteiger partial charge in [0.25, 0.3) is 0 Å². The van der Waals surface area contributed by atoms with Crippen molar-refractivity contribution in [2.45, 2.75) is 43.9 Å². The van der Waals surface area contributed by atoms with Gasteiger partial charge in [-0.3, -0.25) is 4.79 Å². The Morgan fingerprint density at radius 3 is 3.14 bits per heavy atom. The molecule has 1 aromatic carbocycles. The summed E-state index contributed by atoms with van der Waals surface area (Å²) in [6, 6.07) is 9.47. The predicted octanol–water partition coefficient (Wildman–Crippen LogP) is 1.84. The van der Waals surface area contributed by atoms with E-state index in [4.69, 9.17) is 4.42 Å². The number of hydrogen-bond donors (Lipinski definition) is 2. The van der Waals surface area contributed by atoms with Gasteiger partial charge in [-0.25, -0.2) is 4.68 Å². The van der Waals surface area contributed by atoms with Crippen LogP contribution in [0.25, 0.3) is 22.2 Å². The summed E-state index contributed by atoms with van der Waals surface area (Å²) in [5.74, 6) is 0.296. The Bertz CT molecular complexity index is 1060. The molecule has 2 bridgehead atoms. The largest absolute Gasteiger partial charge is 0.464 e. The van der Waals surface area contributed by atoms with Gasteiger partial charge in [-0.2, -0.15) is 5.26 Å². The molecule has 0 spiro atoms. The van der Waals surface area contributed by atoms with Crippen molar-refractivity contribution in [2.75, 3.05) is 0 Å². The van der Waals surface area contributed by atoms with E-state index < -0.39 is 6.04 Å². The summed E-state index contributed by atoms with van der Waals surface area (Å²) in [5, 5.41) is 25.0. The molecule has 2 fully saturated rings. The Balaban J connectivity index is 1.26. The molecular formula is C20H20N6O2. The molecule has 4 atom stereocenters. The number of benzene rings is 1. The highest BCUT2D eigenvalue weighted by Gasteiger charge is 2.43. The molecule has 8 heteroatoms. The lowest BCUT2D eigenvalue weighted by atomic mass is 9.99. The average molecular weight is 376 g/mol. The van der Waals surface area contributed by atoms with Gasteiger partial charge in [-0.05, 0) is 49.4 Å². The fraction of sp³-hybridized carbons (Fsp3) is 0.400. The van der Waals surface area contributed by atoms with E-state index in [0.29, 0.717) is 17.7 Å². The number of piperidine rings is 1. The average Bonchev–Trinajstić information content (AvgIpc) is 3.50. The monoisotopic (exact) mass is 376 g/mol. The minimum atomic E-state index is -0.653. The minimum Gasteiger partial charge on any atom is -0.464 e. The van der Waals surface area contributed by atoms with Crippen LogP contribution in [-0.4, -0.2) is 39.0 Å². The maximum Gasteiger partial charge on any atom is 0.238 e. The molecule has 0 unspecified atom stereocenters. The zero-order valence-electron chi connectivity index (χ0n) is 15.2. The summed E-state index contributed by atoms with van der Waals surface area (Å²) in [6.07, 6.45) is 6.72. The quantitative estimate of drug-likeness (QED) is 0.703. The molecule has 28 heavy (non-hydrogen) atoms. The molecule has 2 aromatic heterocycles. The van der Waals surface area contributed by atoms with Crippen LogP contribution in [-0.2, 0) is 11.3 Å². The SMILES string of the molecule is N#C[C@H](Cn1cc(-c2ccc3occc3c2)nn1)NC(=O)[C@H]1N[C@H]2CC[C@H]1C2. The third-order valence-corrected chi connectivity index (χ3v) is 5.77. The molecule has 1 amide bonds. The van der Waals surface area contributed by atoms with Gasteiger partial charge < -0.3 is 15.1 Å². The lowest BCUT2D eigenvalue weighted by Gasteiger charge is -2.23. The molecule has 0 radical (unpaired) electrons. The molecule has 1 saturated carbocycles. The minimum absolute atomic E-state index is 0.0931. The Morgan fingerprint density at radius 2 is 2.36 bits per heavy atom. The molecule has 1 aliphatic heterocycles. The molecule has 2 aliphatic rings. The molecule has 142 valence electrons. The highest BCUT2D eigenvalue weighted by molar-refractivity contribution is 5.83. The van der Waals surface area contributed by atoms with Crippen molar-refractivity contribution < 1.29 is 9.21 Å². The van der Waals surface area contributed by atoms with E-state index in [-0.39, 0.29) is 18.5 Å². The number of carbonyl (C=O) groups is 1. The third-order valence-electron chi connectivity index (χ3n) is 5.77. The summed E-state index contributed by atoms with van der Waals surface area (Å²) in [7, 11) is 0. The van der Waals surface area contributed by atoms with Gasteiger partial charge in [0.15, 0.2) is 0 Å². The van der Waals surface area contributed by atoms with Crippen LogP contribution in [0, 0.1) is 17.2 Å². The zero-order valence-corrected chi connectivity index (χ0v) is 15.2. The summed E-state index contributed by atoms with van der Waals surface area (Å²) >= 11 is 0. The molecule has 3 aromatic rings. The van der Waals surface area contributed by atoms with Gasteiger partial charge in [0.2, 0.25) is 5.91 Å². The molecular weight excluding hydrogens is 356 g/mol. The number of nitrogens with zero attached hydrogens (tertiary/aromatic N) is 4. The van der Waals surface area contributed by atoms with Crippen LogP contribution in [0.4, 0.5) is 0 Å². The second kappa shape index (κ2) is 6.77. The van der Waals surface area contributed by atoms with E-state index in [0.717, 1.165) is 35.8 Å². The highest BCUT2D eigenvalue weighted by atomic mass is 16.3. The molecule has 8 nitrogen and oxygen atoms in total. The van der Waals surface area contributed by atoms with Crippen molar-refractivity contribution in [3.05, 3.63) is 36.7 Å². The normalized spacial score (nSPS) is 24.3. The number of rotatable bonds is 5. The van der Waals surface area contributed by atoms with Gasteiger partial charge in [0.05, 0.1) is 31.1 Å². The summed E-state index contributed by atoms with van der Waals surface area (Å²) in [4.78, 5) is 12.5. The Morgan fingerprint density at radius 1 is 1.43 bits per heavy atom. The van der Waals surface area contributed by atoms with Crippen LogP contribution in [0.5, 0.6) is 0 Å². The van der Waals surface area contributed by atoms with E-state index in [1.165, 1.54) is 0 Å². The number of carbonyl (C=O) groups excluding carboxylic acids is 1. The standard InChI is InChI=1S/C20H20N6O2/c21-9-16(23-20(27)19-14-1-3-15(8-14)22-19)10-26-11-17(24-25-26)12-2-4-18-13(7-12)5-6-28-18/h2,4-7,11,14-16,19,22H,1,3,8,10H2,(H,23,27)/t14-,15-,16+,19-/m0/s1. The number of amides is 1. The number of nitriles is 1. The van der Waals surface area contributed by atoms with Crippen molar-refractivity contribution in [2.24, 2.45) is 5.92 Å². The fourth-order valence-corrected chi connectivity index (χ4v) is 4.36. The van der Waals surface area contributed by atoms with E-state index in [1.807, 2.05) is 24.3 Å². The van der Waals surface area contributed by atoms with Crippen molar-refractivity contribution in [1.82, 2.24) is 25.6 Å². The van der Waals surface area contributed by atoms with Crippen LogP contribution in [0.1, 0.15) is 19.3 Å². The van der Waals surface area contributed by atoms with Crippen molar-refractivity contribution in [3.8, 4) is 17.3 Å². The summed E-state index contributed by atoms with van der Waals surface area (Å²) in [6.45, 7) is 0.254. The Kier molecular flexibility index (Phi) is 4.10. The maximum absolute atomic E-state index is 12.5. The van der Waals surface area contributed by atoms with Crippen molar-refractivity contribution >= 4 is 16.9 Å². The Labute approximate surface area is 161 Å². The molecule has 1 saturated heterocycles. The van der Waals surface area contributed by atoms with Crippen molar-refractivity contribution in [3.63, 3.8) is 0 Å². The lowest BCUT2D eigenvalue weighted by molar-refractivity contribution is -0.124. The topological polar surface area (TPSA) is 109 Å². The number of fused-ring (bicyclic) bond motifs is 3. The first-order valence-electron chi connectivity index (χ1n) is 9.53. The van der Waals surface area contributed by atoms with Crippen LogP contribution < -0.4 is 10.6 Å². The van der Waals surface area contributed by atoms with Gasteiger partial charge in [0.1, 0.15) is 17.3 Å².